The number of carboxylic acid groups (broad SMARTS) is 1. The zero-order valence-electron chi connectivity index (χ0n) is 16.4. The number of likely N-dealkylation sites (tertiary alicyclic amines) is 1. The van der Waals surface area contributed by atoms with Crippen molar-refractivity contribution in [3.05, 3.63) is 18.2 Å². The molecule has 0 bridgehead atoms. The minimum atomic E-state index is -0.935. The van der Waals surface area contributed by atoms with E-state index in [0.29, 0.717) is 36.6 Å². The van der Waals surface area contributed by atoms with Crippen LogP contribution in [0, 0.1) is 11.3 Å². The first-order chi connectivity index (χ1) is 13.3. The normalized spacial score (nSPS) is 25.0. The number of hydrogen-bond acceptors (Lipinski definition) is 5. The molecule has 0 saturated carbocycles. The van der Waals surface area contributed by atoms with Gasteiger partial charge in [-0.05, 0) is 31.9 Å². The fourth-order valence-corrected chi connectivity index (χ4v) is 3.97. The topological polar surface area (TPSA) is 96.4 Å². The smallest absolute Gasteiger partial charge is 0.311 e. The summed E-state index contributed by atoms with van der Waals surface area (Å²) < 4.78 is 10.6. The van der Waals surface area contributed by atoms with Crippen LogP contribution in [-0.4, -0.2) is 61.6 Å². The molecule has 2 atom stereocenters. The van der Waals surface area contributed by atoms with Gasteiger partial charge >= 0.3 is 5.97 Å². The Morgan fingerprint density at radius 1 is 1.25 bits per heavy atom. The fraction of sp³-hybridized carbons (Fsp3) is 0.550. The molecule has 2 saturated heterocycles. The van der Waals surface area contributed by atoms with E-state index in [1.165, 1.54) is 7.11 Å². The molecule has 2 aliphatic heterocycles. The lowest BCUT2D eigenvalue weighted by Gasteiger charge is -2.38. The van der Waals surface area contributed by atoms with Crippen LogP contribution in [0.15, 0.2) is 18.2 Å². The Balaban J connectivity index is 1.76. The third-order valence-electron chi connectivity index (χ3n) is 5.68. The lowest BCUT2D eigenvalue weighted by atomic mass is 9.81. The number of methoxy groups -OCH3 is 2. The molecule has 0 radical (unpaired) electrons. The molecule has 8 nitrogen and oxygen atoms in total. The molecule has 152 valence electrons. The SMILES string of the molecule is COc1ccc(N2CC(C(=O)N3CCCC(C)(C(=O)O)C3)CC2=O)c(OC)c1. The molecular weight excluding hydrogens is 364 g/mol. The number of rotatable bonds is 5. The first kappa shape index (κ1) is 20.0. The van der Waals surface area contributed by atoms with Crippen LogP contribution in [0.2, 0.25) is 0 Å². The zero-order valence-corrected chi connectivity index (χ0v) is 16.4. The summed E-state index contributed by atoms with van der Waals surface area (Å²) >= 11 is 0. The predicted octanol–water partition coefficient (Wildman–Crippen LogP) is 1.77. The van der Waals surface area contributed by atoms with Gasteiger partial charge in [-0.15, -0.1) is 0 Å². The predicted molar refractivity (Wildman–Crippen MR) is 102 cm³/mol. The van der Waals surface area contributed by atoms with Crippen molar-refractivity contribution in [3.63, 3.8) is 0 Å². The molecule has 2 amide bonds. The maximum atomic E-state index is 13.0. The number of aliphatic carboxylic acids is 1. The van der Waals surface area contributed by atoms with Gasteiger partial charge in [0.2, 0.25) is 11.8 Å². The summed E-state index contributed by atoms with van der Waals surface area (Å²) in [7, 11) is 3.07. The van der Waals surface area contributed by atoms with Gasteiger partial charge in [-0.1, -0.05) is 0 Å². The Bertz CT molecular complexity index is 795. The molecule has 28 heavy (non-hydrogen) atoms. The Kier molecular flexibility index (Phi) is 5.49. The second kappa shape index (κ2) is 7.69. The summed E-state index contributed by atoms with van der Waals surface area (Å²) in [4.78, 5) is 40.3. The van der Waals surface area contributed by atoms with Crippen molar-refractivity contribution in [2.45, 2.75) is 26.2 Å². The lowest BCUT2D eigenvalue weighted by molar-refractivity contribution is -0.154. The molecule has 3 rings (SSSR count). The first-order valence-corrected chi connectivity index (χ1v) is 9.33. The van der Waals surface area contributed by atoms with Crippen molar-refractivity contribution < 1.29 is 29.0 Å². The molecule has 0 spiro atoms. The molecule has 0 aromatic heterocycles. The largest absolute Gasteiger partial charge is 0.497 e. The van der Waals surface area contributed by atoms with Gasteiger partial charge in [-0.3, -0.25) is 14.4 Å². The van der Waals surface area contributed by atoms with Gasteiger partial charge in [0.05, 0.1) is 31.2 Å². The molecule has 2 aliphatic rings. The highest BCUT2D eigenvalue weighted by atomic mass is 16.5. The van der Waals surface area contributed by atoms with Crippen LogP contribution in [0.4, 0.5) is 5.69 Å². The molecular formula is C20H26N2O6. The Hall–Kier alpha value is -2.77. The summed E-state index contributed by atoms with van der Waals surface area (Å²) in [6.45, 7) is 2.62. The van der Waals surface area contributed by atoms with Crippen LogP contribution < -0.4 is 14.4 Å². The summed E-state index contributed by atoms with van der Waals surface area (Å²) in [6, 6.07) is 5.18. The maximum absolute atomic E-state index is 13.0. The summed E-state index contributed by atoms with van der Waals surface area (Å²) in [5, 5.41) is 9.47. The molecule has 2 fully saturated rings. The molecule has 2 heterocycles. The molecule has 8 heteroatoms. The van der Waals surface area contributed by atoms with E-state index in [-0.39, 0.29) is 31.3 Å². The van der Waals surface area contributed by atoms with Gasteiger partial charge in [0.25, 0.3) is 0 Å². The molecule has 1 N–H and O–H groups in total. The van der Waals surface area contributed by atoms with E-state index in [0.717, 1.165) is 0 Å². The minimum absolute atomic E-state index is 0.105. The monoisotopic (exact) mass is 390 g/mol. The van der Waals surface area contributed by atoms with Crippen LogP contribution >= 0.6 is 0 Å². The van der Waals surface area contributed by atoms with Crippen molar-refractivity contribution >= 4 is 23.5 Å². The average molecular weight is 390 g/mol. The first-order valence-electron chi connectivity index (χ1n) is 9.33. The van der Waals surface area contributed by atoms with E-state index in [1.807, 2.05) is 0 Å². The van der Waals surface area contributed by atoms with E-state index in [1.54, 1.807) is 42.0 Å². The number of carbonyl (C=O) groups excluding carboxylic acids is 2. The van der Waals surface area contributed by atoms with Crippen LogP contribution in [-0.2, 0) is 14.4 Å². The van der Waals surface area contributed by atoms with Crippen LogP contribution in [0.1, 0.15) is 26.2 Å². The van der Waals surface area contributed by atoms with Gasteiger partial charge in [-0.25, -0.2) is 0 Å². The number of amides is 2. The Morgan fingerprint density at radius 3 is 2.64 bits per heavy atom. The average Bonchev–Trinajstić information content (AvgIpc) is 3.08. The van der Waals surface area contributed by atoms with Crippen LogP contribution in [0.5, 0.6) is 11.5 Å². The van der Waals surface area contributed by atoms with E-state index in [9.17, 15) is 19.5 Å². The number of nitrogens with zero attached hydrogens (tertiary/aromatic N) is 2. The Labute approximate surface area is 164 Å². The highest BCUT2D eigenvalue weighted by molar-refractivity contribution is 6.01. The van der Waals surface area contributed by atoms with E-state index < -0.39 is 17.3 Å². The summed E-state index contributed by atoms with van der Waals surface area (Å²) in [5.41, 5.74) is -0.340. The van der Waals surface area contributed by atoms with Crippen molar-refractivity contribution in [3.8, 4) is 11.5 Å². The molecule has 1 aromatic rings. The van der Waals surface area contributed by atoms with Gasteiger partial charge in [0.1, 0.15) is 11.5 Å². The Morgan fingerprint density at radius 2 is 2.00 bits per heavy atom. The van der Waals surface area contributed by atoms with E-state index in [4.69, 9.17) is 9.47 Å². The van der Waals surface area contributed by atoms with Crippen molar-refractivity contribution in [2.24, 2.45) is 11.3 Å². The van der Waals surface area contributed by atoms with Crippen molar-refractivity contribution in [1.82, 2.24) is 4.90 Å². The molecule has 0 aliphatic carbocycles. The van der Waals surface area contributed by atoms with E-state index in [2.05, 4.69) is 0 Å². The standard InChI is InChI=1S/C20H26N2O6/c1-20(19(25)26)7-4-8-21(12-20)18(24)13-9-17(23)22(11-13)15-6-5-14(27-2)10-16(15)28-3/h5-6,10,13H,4,7-9,11-12H2,1-3H3,(H,25,26). The summed E-state index contributed by atoms with van der Waals surface area (Å²) in [5.74, 6) is -0.582. The number of hydrogen-bond donors (Lipinski definition) is 1. The highest BCUT2D eigenvalue weighted by Gasteiger charge is 2.43. The number of piperidine rings is 1. The summed E-state index contributed by atoms with van der Waals surface area (Å²) in [6.07, 6.45) is 1.30. The van der Waals surface area contributed by atoms with Crippen molar-refractivity contribution in [2.75, 3.05) is 38.8 Å². The number of benzene rings is 1. The minimum Gasteiger partial charge on any atom is -0.497 e. The highest BCUT2D eigenvalue weighted by Crippen LogP contribution is 2.37. The lowest BCUT2D eigenvalue weighted by Crippen LogP contribution is -2.50. The second-order valence-electron chi connectivity index (χ2n) is 7.67. The van der Waals surface area contributed by atoms with E-state index >= 15 is 0 Å². The van der Waals surface area contributed by atoms with Crippen molar-refractivity contribution in [1.29, 1.82) is 0 Å². The quantitative estimate of drug-likeness (QED) is 0.823. The third-order valence-corrected chi connectivity index (χ3v) is 5.68. The molecule has 1 aromatic carbocycles. The number of carbonyl (C=O) groups is 3. The van der Waals surface area contributed by atoms with Gasteiger partial charge in [0.15, 0.2) is 0 Å². The van der Waals surface area contributed by atoms with Crippen LogP contribution in [0.25, 0.3) is 0 Å². The fourth-order valence-electron chi connectivity index (χ4n) is 3.97. The third kappa shape index (κ3) is 3.63. The maximum Gasteiger partial charge on any atom is 0.311 e. The van der Waals surface area contributed by atoms with Gasteiger partial charge in [0, 0.05) is 32.1 Å². The molecule has 2 unspecified atom stereocenters. The van der Waals surface area contributed by atoms with Gasteiger partial charge < -0.3 is 24.4 Å². The second-order valence-corrected chi connectivity index (χ2v) is 7.67. The number of anilines is 1. The zero-order chi connectivity index (χ0) is 20.5. The number of carboxylic acids is 1. The van der Waals surface area contributed by atoms with Crippen LogP contribution in [0.3, 0.4) is 0 Å². The van der Waals surface area contributed by atoms with Gasteiger partial charge in [-0.2, -0.15) is 0 Å². The number of ether oxygens (including phenoxy) is 2.